The predicted octanol–water partition coefficient (Wildman–Crippen LogP) is 12.0. The Labute approximate surface area is 318 Å². The Morgan fingerprint density at radius 1 is 0.490 bits per heavy atom. The van der Waals surface area contributed by atoms with Gasteiger partial charge >= 0.3 is 0 Å². The summed E-state index contributed by atoms with van der Waals surface area (Å²) in [6, 6.07) is -0.500. The van der Waals surface area contributed by atoms with E-state index < -0.39 is 6.04 Å². The minimum absolute atomic E-state index is 0.00911. The van der Waals surface area contributed by atoms with E-state index in [-0.39, 0.29) is 5.91 Å². The fraction of sp³-hybridized carbons (Fsp3) is 0.889. The van der Waals surface area contributed by atoms with E-state index in [0.29, 0.717) is 39.3 Å². The van der Waals surface area contributed by atoms with Crippen molar-refractivity contribution in [3.8, 4) is 0 Å². The topological polar surface area (TPSA) is 90.8 Å². The summed E-state index contributed by atoms with van der Waals surface area (Å²) in [7, 11) is 0. The molecule has 0 bridgehead atoms. The number of ether oxygens (including phenoxy) is 2. The molecule has 0 aliphatic carbocycles. The Morgan fingerprint density at radius 3 is 1.18 bits per heavy atom. The molecule has 0 saturated carbocycles. The van der Waals surface area contributed by atoms with Crippen LogP contribution < -0.4 is 11.5 Å². The van der Waals surface area contributed by atoms with Gasteiger partial charge in [-0.05, 0) is 83.6 Å². The lowest BCUT2D eigenvalue weighted by molar-refractivity contribution is -0.134. The molecule has 0 saturated heterocycles. The lowest BCUT2D eigenvalue weighted by Crippen LogP contribution is -2.46. The molecule has 0 aromatic rings. The van der Waals surface area contributed by atoms with Gasteiger partial charge in [0, 0.05) is 26.3 Å². The molecule has 6 heteroatoms. The van der Waals surface area contributed by atoms with E-state index in [1.165, 1.54) is 167 Å². The maximum absolute atomic E-state index is 13.0. The number of amides is 1. The zero-order valence-electron chi connectivity index (χ0n) is 34.4. The fourth-order valence-corrected chi connectivity index (χ4v) is 6.48. The lowest BCUT2D eigenvalue weighted by atomic mass is 10.1. The molecule has 0 heterocycles. The van der Waals surface area contributed by atoms with Gasteiger partial charge in [0.25, 0.3) is 0 Å². The van der Waals surface area contributed by atoms with Crippen LogP contribution in [0.5, 0.6) is 0 Å². The van der Waals surface area contributed by atoms with Gasteiger partial charge in [-0.25, -0.2) is 0 Å². The number of nitrogens with zero attached hydrogens (tertiary/aromatic N) is 1. The van der Waals surface area contributed by atoms with Crippen molar-refractivity contribution in [1.29, 1.82) is 0 Å². The van der Waals surface area contributed by atoms with Gasteiger partial charge in [0.05, 0.1) is 19.3 Å². The molecule has 0 aliphatic rings. The molecule has 0 aromatic carbocycles. The van der Waals surface area contributed by atoms with E-state index in [4.69, 9.17) is 20.9 Å². The van der Waals surface area contributed by atoms with Crippen molar-refractivity contribution in [2.45, 2.75) is 213 Å². The van der Waals surface area contributed by atoms with Gasteiger partial charge in [-0.1, -0.05) is 154 Å². The number of allylic oxidation sites excluding steroid dienone is 4. The Morgan fingerprint density at radius 2 is 0.824 bits per heavy atom. The number of rotatable bonds is 42. The number of carbonyl (C=O) groups is 1. The van der Waals surface area contributed by atoms with Crippen LogP contribution in [0.1, 0.15) is 206 Å². The van der Waals surface area contributed by atoms with Crippen LogP contribution in [0.15, 0.2) is 24.3 Å². The second kappa shape index (κ2) is 43.2. The molecule has 0 rings (SSSR count). The van der Waals surface area contributed by atoms with Crippen molar-refractivity contribution in [3.05, 3.63) is 24.3 Å². The number of unbranched alkanes of at least 4 members (excludes halogenated alkanes) is 24. The molecule has 0 aromatic heterocycles. The van der Waals surface area contributed by atoms with Gasteiger partial charge in [0.15, 0.2) is 0 Å². The van der Waals surface area contributed by atoms with Gasteiger partial charge in [0.2, 0.25) is 5.91 Å². The van der Waals surface area contributed by atoms with E-state index in [0.717, 1.165) is 32.5 Å². The Hall–Kier alpha value is -1.21. The van der Waals surface area contributed by atoms with Crippen LogP contribution >= 0.6 is 0 Å². The van der Waals surface area contributed by atoms with Crippen LogP contribution in [0.4, 0.5) is 0 Å². The summed E-state index contributed by atoms with van der Waals surface area (Å²) in [5, 5.41) is 0. The molecule has 51 heavy (non-hydrogen) atoms. The van der Waals surface area contributed by atoms with Crippen LogP contribution in [-0.4, -0.2) is 62.9 Å². The highest BCUT2D eigenvalue weighted by Crippen LogP contribution is 2.12. The second-order valence-electron chi connectivity index (χ2n) is 15.0. The average Bonchev–Trinajstić information content (AvgIpc) is 3.14. The van der Waals surface area contributed by atoms with Crippen molar-refractivity contribution in [2.75, 3.05) is 46.1 Å². The van der Waals surface area contributed by atoms with E-state index in [1.54, 1.807) is 0 Å². The van der Waals surface area contributed by atoms with Crippen LogP contribution in [0.2, 0.25) is 0 Å². The molecule has 0 unspecified atom stereocenters. The number of nitrogens with two attached hydrogens (primary N) is 2. The number of hydrogen-bond acceptors (Lipinski definition) is 5. The van der Waals surface area contributed by atoms with Gasteiger partial charge in [-0.15, -0.1) is 0 Å². The zero-order chi connectivity index (χ0) is 37.1. The number of hydrogen-bond donors (Lipinski definition) is 2. The summed E-state index contributed by atoms with van der Waals surface area (Å²) in [6.07, 6.45) is 47.5. The SMILES string of the molecule is CCCCCCCCC=CCCCCCCCCOCCN(CCOCCCCCCCCC=CCCCCCCCC)C(=O)[C@@H](N)CCCN. The average molecular weight is 720 g/mol. The molecule has 6 nitrogen and oxygen atoms in total. The minimum atomic E-state index is -0.500. The first-order chi connectivity index (χ1) is 25.2. The highest BCUT2D eigenvalue weighted by Gasteiger charge is 2.20. The van der Waals surface area contributed by atoms with Crippen molar-refractivity contribution >= 4 is 5.91 Å². The quantitative estimate of drug-likeness (QED) is 0.0484. The normalized spacial score (nSPS) is 12.5. The molecule has 0 radical (unpaired) electrons. The van der Waals surface area contributed by atoms with Gasteiger partial charge in [0.1, 0.15) is 0 Å². The third kappa shape index (κ3) is 38.3. The van der Waals surface area contributed by atoms with Crippen LogP contribution in [0, 0.1) is 0 Å². The van der Waals surface area contributed by atoms with Crippen LogP contribution in [-0.2, 0) is 14.3 Å². The summed E-state index contributed by atoms with van der Waals surface area (Å²) in [6.45, 7) is 8.87. The maximum atomic E-state index is 13.0. The molecule has 0 spiro atoms. The molecule has 4 N–H and O–H groups in total. The third-order valence-electron chi connectivity index (χ3n) is 9.96. The first-order valence-corrected chi connectivity index (χ1v) is 22.4. The van der Waals surface area contributed by atoms with Crippen LogP contribution in [0.3, 0.4) is 0 Å². The summed E-state index contributed by atoms with van der Waals surface area (Å²) < 4.78 is 11.9. The zero-order valence-corrected chi connectivity index (χ0v) is 34.4. The Bertz CT molecular complexity index is 696. The molecule has 1 atom stereocenters. The fourth-order valence-electron chi connectivity index (χ4n) is 6.48. The van der Waals surface area contributed by atoms with E-state index in [9.17, 15) is 4.79 Å². The second-order valence-corrected chi connectivity index (χ2v) is 15.0. The number of carbonyl (C=O) groups excluding carboxylic acids is 1. The van der Waals surface area contributed by atoms with Gasteiger partial charge < -0.3 is 25.8 Å². The van der Waals surface area contributed by atoms with Gasteiger partial charge in [-0.3, -0.25) is 4.79 Å². The van der Waals surface area contributed by atoms with Gasteiger partial charge in [-0.2, -0.15) is 0 Å². The van der Waals surface area contributed by atoms with E-state index in [1.807, 2.05) is 4.90 Å². The highest BCUT2D eigenvalue weighted by atomic mass is 16.5. The lowest BCUT2D eigenvalue weighted by Gasteiger charge is -2.25. The summed E-state index contributed by atoms with van der Waals surface area (Å²) in [5.74, 6) is -0.00911. The summed E-state index contributed by atoms with van der Waals surface area (Å²) in [4.78, 5) is 14.9. The molecule has 1 amide bonds. The van der Waals surface area contributed by atoms with E-state index >= 15 is 0 Å². The molecular weight excluding hydrogens is 631 g/mol. The first-order valence-electron chi connectivity index (χ1n) is 22.4. The van der Waals surface area contributed by atoms with E-state index in [2.05, 4.69) is 38.2 Å². The van der Waals surface area contributed by atoms with Crippen LogP contribution in [0.25, 0.3) is 0 Å². The monoisotopic (exact) mass is 720 g/mol. The molecule has 302 valence electrons. The maximum Gasteiger partial charge on any atom is 0.239 e. The third-order valence-corrected chi connectivity index (χ3v) is 9.96. The molecular formula is C45H89N3O3. The standard InChI is InChI=1S/C45H89N3O3/c1-3-5-7-9-11-13-15-17-19-21-23-25-27-29-31-33-40-50-42-38-48(45(49)44(47)36-35-37-46)39-43-51-41-34-32-30-28-26-24-22-20-18-16-14-12-10-8-6-4-2/h17-20,44H,3-16,21-43,46-47H2,1-2H3/t44-/m0/s1. The van der Waals surface area contributed by atoms with Crippen molar-refractivity contribution in [1.82, 2.24) is 4.90 Å². The first kappa shape index (κ1) is 49.8. The van der Waals surface area contributed by atoms with Crippen molar-refractivity contribution in [3.63, 3.8) is 0 Å². The molecule has 0 fully saturated rings. The largest absolute Gasteiger partial charge is 0.380 e. The smallest absolute Gasteiger partial charge is 0.239 e. The summed E-state index contributed by atoms with van der Waals surface area (Å²) in [5.41, 5.74) is 11.9. The Kier molecular flexibility index (Phi) is 42.2. The minimum Gasteiger partial charge on any atom is -0.380 e. The van der Waals surface area contributed by atoms with Crippen molar-refractivity contribution in [2.24, 2.45) is 11.5 Å². The molecule has 0 aliphatic heterocycles. The summed E-state index contributed by atoms with van der Waals surface area (Å²) >= 11 is 0. The Balaban J connectivity index is 3.85. The van der Waals surface area contributed by atoms with Crippen molar-refractivity contribution < 1.29 is 14.3 Å². The predicted molar refractivity (Wildman–Crippen MR) is 223 cm³/mol. The highest BCUT2D eigenvalue weighted by molar-refractivity contribution is 5.81.